The van der Waals surface area contributed by atoms with Gasteiger partial charge in [0, 0.05) is 19.8 Å². The third-order valence-corrected chi connectivity index (χ3v) is 7.87. The van der Waals surface area contributed by atoms with Gasteiger partial charge >= 0.3 is 7.32 Å². The molecule has 222 valence electrons. The summed E-state index contributed by atoms with van der Waals surface area (Å²) >= 11 is 12.9. The summed E-state index contributed by atoms with van der Waals surface area (Å²) in [5.41, 5.74) is 0. The molecule has 0 aliphatic heterocycles. The standard InChI is InChI=1S/C30H63BO3S3/c35-28-22-16-10-4-1-7-13-19-25-32-31(33-26-20-14-8-2-5-11-17-23-29-36)34-27-21-15-9-3-6-12-18-24-30-37/h35-37H,1-30H2. The van der Waals surface area contributed by atoms with E-state index >= 15 is 0 Å². The normalized spacial score (nSPS) is 11.4. The fraction of sp³-hybridized carbons (Fsp3) is 1.00. The number of hydrogen-bond acceptors (Lipinski definition) is 6. The zero-order valence-electron chi connectivity index (χ0n) is 24.4. The average molecular weight is 579 g/mol. The molecular formula is C30H63BO3S3. The smallest absolute Gasteiger partial charge is 0.386 e. The lowest BCUT2D eigenvalue weighted by molar-refractivity contribution is 0.0885. The van der Waals surface area contributed by atoms with Crippen LogP contribution >= 0.6 is 37.9 Å². The average Bonchev–Trinajstić information content (AvgIpc) is 2.91. The van der Waals surface area contributed by atoms with Crippen LogP contribution in [0.25, 0.3) is 0 Å². The van der Waals surface area contributed by atoms with Crippen molar-refractivity contribution in [3.8, 4) is 0 Å². The van der Waals surface area contributed by atoms with Gasteiger partial charge in [0.05, 0.1) is 0 Å². The van der Waals surface area contributed by atoms with Crippen molar-refractivity contribution in [1.29, 1.82) is 0 Å². The second kappa shape index (κ2) is 35.0. The maximum absolute atomic E-state index is 6.00. The first-order chi connectivity index (χ1) is 18.3. The lowest BCUT2D eigenvalue weighted by Gasteiger charge is -2.15. The van der Waals surface area contributed by atoms with Crippen LogP contribution in [-0.4, -0.2) is 44.4 Å². The van der Waals surface area contributed by atoms with Gasteiger partial charge in [0.25, 0.3) is 0 Å². The van der Waals surface area contributed by atoms with Crippen LogP contribution in [0.1, 0.15) is 154 Å². The van der Waals surface area contributed by atoms with Crippen molar-refractivity contribution >= 4 is 45.2 Å². The van der Waals surface area contributed by atoms with Gasteiger partial charge in [-0.25, -0.2) is 0 Å². The molecular weight excluding hydrogens is 515 g/mol. The van der Waals surface area contributed by atoms with E-state index in [0.717, 1.165) is 56.3 Å². The minimum absolute atomic E-state index is 0.483. The van der Waals surface area contributed by atoms with Crippen LogP contribution in [0.15, 0.2) is 0 Å². The van der Waals surface area contributed by atoms with Crippen molar-refractivity contribution in [2.75, 3.05) is 37.1 Å². The van der Waals surface area contributed by atoms with Crippen molar-refractivity contribution in [2.24, 2.45) is 0 Å². The molecule has 0 atom stereocenters. The summed E-state index contributed by atoms with van der Waals surface area (Å²) in [4.78, 5) is 0. The van der Waals surface area contributed by atoms with Crippen molar-refractivity contribution < 1.29 is 14.0 Å². The predicted octanol–water partition coefficient (Wildman–Crippen LogP) is 10.2. The van der Waals surface area contributed by atoms with Crippen LogP contribution in [0, 0.1) is 0 Å². The molecule has 0 unspecified atom stereocenters. The van der Waals surface area contributed by atoms with Crippen molar-refractivity contribution in [3.05, 3.63) is 0 Å². The molecule has 0 spiro atoms. The molecule has 0 aromatic carbocycles. The van der Waals surface area contributed by atoms with Crippen LogP contribution in [-0.2, 0) is 14.0 Å². The second-order valence-corrected chi connectivity index (χ2v) is 11.9. The van der Waals surface area contributed by atoms with E-state index in [1.54, 1.807) is 0 Å². The Balaban J connectivity index is 3.87. The van der Waals surface area contributed by atoms with E-state index < -0.39 is 7.32 Å². The minimum Gasteiger partial charge on any atom is -0.386 e. The van der Waals surface area contributed by atoms with Crippen LogP contribution in [0.2, 0.25) is 0 Å². The number of rotatable bonds is 33. The van der Waals surface area contributed by atoms with Crippen molar-refractivity contribution in [3.63, 3.8) is 0 Å². The van der Waals surface area contributed by atoms with Gasteiger partial charge in [0.1, 0.15) is 0 Å². The first-order valence-electron chi connectivity index (χ1n) is 16.0. The predicted molar refractivity (Wildman–Crippen MR) is 176 cm³/mol. The maximum Gasteiger partial charge on any atom is 0.639 e. The van der Waals surface area contributed by atoms with E-state index in [0.29, 0.717) is 0 Å². The molecule has 3 nitrogen and oxygen atoms in total. The van der Waals surface area contributed by atoms with E-state index in [4.69, 9.17) is 14.0 Å². The summed E-state index contributed by atoms with van der Waals surface area (Å²) in [6.45, 7) is 2.22. The minimum atomic E-state index is -0.483. The molecule has 0 N–H and O–H groups in total. The Morgan fingerprint density at radius 2 is 0.459 bits per heavy atom. The summed E-state index contributed by atoms with van der Waals surface area (Å²) in [6.07, 6.45) is 30.8. The highest BCUT2D eigenvalue weighted by Gasteiger charge is 2.20. The van der Waals surface area contributed by atoms with E-state index in [9.17, 15) is 0 Å². The molecule has 0 saturated heterocycles. The van der Waals surface area contributed by atoms with Crippen LogP contribution in [0.3, 0.4) is 0 Å². The Morgan fingerprint density at radius 1 is 0.270 bits per heavy atom. The van der Waals surface area contributed by atoms with Gasteiger partial charge in [-0.05, 0) is 55.8 Å². The van der Waals surface area contributed by atoms with Crippen LogP contribution in [0.5, 0.6) is 0 Å². The van der Waals surface area contributed by atoms with Gasteiger partial charge in [0.15, 0.2) is 0 Å². The number of thiol groups is 3. The molecule has 7 heteroatoms. The zero-order chi connectivity index (χ0) is 26.9. The molecule has 0 amide bonds. The fourth-order valence-corrected chi connectivity index (χ4v) is 5.18. The lowest BCUT2D eigenvalue weighted by atomic mass is 10.1. The summed E-state index contributed by atoms with van der Waals surface area (Å²) in [5.74, 6) is 3.07. The Morgan fingerprint density at radius 3 is 0.676 bits per heavy atom. The summed E-state index contributed by atoms with van der Waals surface area (Å²) in [5, 5.41) is 0. The van der Waals surface area contributed by atoms with Gasteiger partial charge in [0.2, 0.25) is 0 Å². The molecule has 0 aromatic rings. The largest absolute Gasteiger partial charge is 0.639 e. The molecule has 0 radical (unpaired) electrons. The van der Waals surface area contributed by atoms with Gasteiger partial charge in [-0.1, -0.05) is 116 Å². The number of hydrogen-bond donors (Lipinski definition) is 3. The molecule has 0 fully saturated rings. The highest BCUT2D eigenvalue weighted by atomic mass is 32.1. The molecule has 0 aromatic heterocycles. The van der Waals surface area contributed by atoms with Crippen molar-refractivity contribution in [2.45, 2.75) is 154 Å². The topological polar surface area (TPSA) is 27.7 Å². The third kappa shape index (κ3) is 33.1. The quantitative estimate of drug-likeness (QED) is 0.0411. The lowest BCUT2D eigenvalue weighted by Crippen LogP contribution is -2.28. The SMILES string of the molecule is SCCCCCCCCCCOB(OCCCCCCCCCCS)OCCCCCCCCCCS. The van der Waals surface area contributed by atoms with Gasteiger partial charge < -0.3 is 14.0 Å². The highest BCUT2D eigenvalue weighted by molar-refractivity contribution is 7.80. The van der Waals surface area contributed by atoms with E-state index in [1.807, 2.05) is 0 Å². The first-order valence-corrected chi connectivity index (χ1v) is 17.9. The van der Waals surface area contributed by atoms with Crippen LogP contribution < -0.4 is 0 Å². The van der Waals surface area contributed by atoms with E-state index in [1.165, 1.54) is 135 Å². The van der Waals surface area contributed by atoms with E-state index in [-0.39, 0.29) is 0 Å². The number of unbranched alkanes of at least 4 members (excludes halogenated alkanes) is 21. The molecule has 37 heavy (non-hydrogen) atoms. The van der Waals surface area contributed by atoms with Crippen LogP contribution in [0.4, 0.5) is 0 Å². The summed E-state index contributed by atoms with van der Waals surface area (Å²) in [6, 6.07) is 0. The van der Waals surface area contributed by atoms with Gasteiger partial charge in [-0.2, -0.15) is 37.9 Å². The Hall–Kier alpha value is 0.995. The summed E-state index contributed by atoms with van der Waals surface area (Å²) < 4.78 is 18.0. The third-order valence-electron chi connectivity index (χ3n) is 6.92. The van der Waals surface area contributed by atoms with Gasteiger partial charge in [-0.15, -0.1) is 0 Å². The fourth-order valence-electron chi connectivity index (χ4n) is 4.51. The molecule has 0 aliphatic rings. The Kier molecular flexibility index (Phi) is 36.0. The van der Waals surface area contributed by atoms with Crippen molar-refractivity contribution in [1.82, 2.24) is 0 Å². The van der Waals surface area contributed by atoms with E-state index in [2.05, 4.69) is 37.9 Å². The summed E-state index contributed by atoms with van der Waals surface area (Å²) in [7, 11) is -0.483. The highest BCUT2D eigenvalue weighted by Crippen LogP contribution is 2.12. The molecule has 0 saturated carbocycles. The molecule has 0 rings (SSSR count). The zero-order valence-corrected chi connectivity index (χ0v) is 27.0. The molecule has 0 heterocycles. The second-order valence-electron chi connectivity index (χ2n) is 10.6. The first kappa shape index (κ1) is 38.0. The maximum atomic E-state index is 6.00. The monoisotopic (exact) mass is 578 g/mol. The Bertz CT molecular complexity index is 351. The van der Waals surface area contributed by atoms with Gasteiger partial charge in [-0.3, -0.25) is 0 Å². The molecule has 0 bridgehead atoms. The Labute approximate surface area is 249 Å². The molecule has 0 aliphatic carbocycles.